The Hall–Kier alpha value is -1.13. The Labute approximate surface area is 132 Å². The second-order valence-electron chi connectivity index (χ2n) is 5.86. The average molecular weight is 306 g/mol. The third kappa shape index (κ3) is 4.17. The van der Waals surface area contributed by atoms with E-state index in [1.165, 1.54) is 23.3 Å². The zero-order chi connectivity index (χ0) is 15.2. The van der Waals surface area contributed by atoms with Crippen molar-refractivity contribution in [3.63, 3.8) is 0 Å². The fraction of sp³-hybridized carbons (Fsp3) is 0.588. The molecule has 1 aliphatic heterocycles. The van der Waals surface area contributed by atoms with Gasteiger partial charge >= 0.3 is 0 Å². The summed E-state index contributed by atoms with van der Waals surface area (Å²) in [5.41, 5.74) is 1.41. The van der Waals surface area contributed by atoms with Crippen LogP contribution < -0.4 is 0 Å². The Morgan fingerprint density at radius 3 is 2.95 bits per heavy atom. The van der Waals surface area contributed by atoms with E-state index in [2.05, 4.69) is 24.9 Å². The minimum Gasteiger partial charge on any atom is -0.334 e. The molecule has 0 aromatic carbocycles. The van der Waals surface area contributed by atoms with Crippen LogP contribution in [-0.4, -0.2) is 48.9 Å². The number of carbonyl (C=O) groups excluding carboxylic acids is 1. The number of carbonyl (C=O) groups is 1. The molecule has 1 aromatic heterocycles. The van der Waals surface area contributed by atoms with Gasteiger partial charge in [0.15, 0.2) is 0 Å². The number of hydrogen-bond donors (Lipinski definition) is 0. The van der Waals surface area contributed by atoms with E-state index in [-0.39, 0.29) is 11.9 Å². The molecule has 2 heterocycles. The summed E-state index contributed by atoms with van der Waals surface area (Å²) in [4.78, 5) is 17.8. The van der Waals surface area contributed by atoms with E-state index in [4.69, 9.17) is 0 Å². The second kappa shape index (κ2) is 7.76. The number of rotatable bonds is 6. The third-order valence-corrected chi connectivity index (χ3v) is 5.01. The molecule has 0 unspecified atom stereocenters. The maximum Gasteiger partial charge on any atom is 0.264 e. The summed E-state index contributed by atoms with van der Waals surface area (Å²) >= 11 is 1.53. The monoisotopic (exact) mass is 306 g/mol. The van der Waals surface area contributed by atoms with Crippen LogP contribution in [0, 0.1) is 0 Å². The number of likely N-dealkylation sites (N-methyl/N-ethyl adjacent to an activating group) is 2. The fourth-order valence-electron chi connectivity index (χ4n) is 2.91. The van der Waals surface area contributed by atoms with Crippen molar-refractivity contribution in [1.29, 1.82) is 0 Å². The SMILES string of the molecule is CCCC[C@H](C1=CCCN(C)C1)N(C)C(=O)c1cccs1. The number of hydrogen-bond acceptors (Lipinski definition) is 3. The van der Waals surface area contributed by atoms with Crippen LogP contribution in [0.1, 0.15) is 42.3 Å². The molecule has 0 bridgehead atoms. The van der Waals surface area contributed by atoms with Gasteiger partial charge in [-0.15, -0.1) is 11.3 Å². The zero-order valence-electron chi connectivity index (χ0n) is 13.3. The number of nitrogens with zero attached hydrogens (tertiary/aromatic N) is 2. The molecular formula is C17H26N2OS. The summed E-state index contributed by atoms with van der Waals surface area (Å²) < 4.78 is 0. The molecule has 0 spiro atoms. The van der Waals surface area contributed by atoms with E-state index in [1.807, 2.05) is 29.5 Å². The molecular weight excluding hydrogens is 280 g/mol. The first-order valence-corrected chi connectivity index (χ1v) is 8.69. The van der Waals surface area contributed by atoms with Crippen molar-refractivity contribution in [2.75, 3.05) is 27.2 Å². The topological polar surface area (TPSA) is 23.6 Å². The smallest absolute Gasteiger partial charge is 0.264 e. The van der Waals surface area contributed by atoms with Gasteiger partial charge in [0.2, 0.25) is 0 Å². The van der Waals surface area contributed by atoms with Crippen molar-refractivity contribution >= 4 is 17.2 Å². The molecule has 0 fully saturated rings. The van der Waals surface area contributed by atoms with Gasteiger partial charge in [0.25, 0.3) is 5.91 Å². The molecule has 1 aromatic rings. The first-order chi connectivity index (χ1) is 10.1. The standard InChI is InChI=1S/C17H26N2OS/c1-4-5-9-15(14-8-6-11-18(2)13-14)19(3)17(20)16-10-7-12-21-16/h7-8,10,12,15H,4-6,9,11,13H2,1-3H3/t15-/m1/s1. The molecule has 0 radical (unpaired) electrons. The summed E-state index contributed by atoms with van der Waals surface area (Å²) in [5.74, 6) is 0.153. The highest BCUT2D eigenvalue weighted by atomic mass is 32.1. The van der Waals surface area contributed by atoms with Gasteiger partial charge < -0.3 is 9.80 Å². The van der Waals surface area contributed by atoms with Crippen LogP contribution in [0.5, 0.6) is 0 Å². The minimum atomic E-state index is 0.153. The first kappa shape index (κ1) is 16.2. The fourth-order valence-corrected chi connectivity index (χ4v) is 3.61. The number of unbranched alkanes of at least 4 members (excludes halogenated alkanes) is 1. The Kier molecular flexibility index (Phi) is 6.00. The lowest BCUT2D eigenvalue weighted by Crippen LogP contribution is -2.42. The largest absolute Gasteiger partial charge is 0.334 e. The van der Waals surface area contributed by atoms with E-state index in [1.54, 1.807) is 0 Å². The van der Waals surface area contributed by atoms with Gasteiger partial charge in [0, 0.05) is 20.1 Å². The second-order valence-corrected chi connectivity index (χ2v) is 6.80. The molecule has 1 aliphatic rings. The average Bonchev–Trinajstić information content (AvgIpc) is 3.01. The molecule has 3 nitrogen and oxygen atoms in total. The highest BCUT2D eigenvalue weighted by molar-refractivity contribution is 7.12. The number of thiophene rings is 1. The van der Waals surface area contributed by atoms with E-state index in [0.29, 0.717) is 0 Å². The Morgan fingerprint density at radius 2 is 2.33 bits per heavy atom. The molecule has 2 rings (SSSR count). The molecule has 1 amide bonds. The van der Waals surface area contributed by atoms with E-state index in [0.717, 1.165) is 37.2 Å². The molecule has 0 aliphatic carbocycles. The van der Waals surface area contributed by atoms with Gasteiger partial charge in [-0.25, -0.2) is 0 Å². The Bertz CT molecular complexity index is 481. The summed E-state index contributed by atoms with van der Waals surface area (Å²) in [6.45, 7) is 4.31. The summed E-state index contributed by atoms with van der Waals surface area (Å²) in [5, 5.41) is 1.97. The van der Waals surface area contributed by atoms with Crippen molar-refractivity contribution in [3.8, 4) is 0 Å². The molecule has 21 heavy (non-hydrogen) atoms. The number of amides is 1. The van der Waals surface area contributed by atoms with Crippen LogP contribution in [-0.2, 0) is 0 Å². The van der Waals surface area contributed by atoms with E-state index in [9.17, 15) is 4.79 Å². The highest BCUT2D eigenvalue weighted by Crippen LogP contribution is 2.23. The van der Waals surface area contributed by atoms with E-state index >= 15 is 0 Å². The first-order valence-electron chi connectivity index (χ1n) is 7.81. The quantitative estimate of drug-likeness (QED) is 0.749. The summed E-state index contributed by atoms with van der Waals surface area (Å²) in [6.07, 6.45) is 6.83. The molecule has 0 saturated heterocycles. The van der Waals surface area contributed by atoms with E-state index < -0.39 is 0 Å². The summed E-state index contributed by atoms with van der Waals surface area (Å²) in [7, 11) is 4.11. The molecule has 4 heteroatoms. The van der Waals surface area contributed by atoms with Crippen molar-refractivity contribution in [2.45, 2.75) is 38.6 Å². The Morgan fingerprint density at radius 1 is 1.52 bits per heavy atom. The maximum atomic E-state index is 12.6. The zero-order valence-corrected chi connectivity index (χ0v) is 14.2. The molecule has 0 saturated carbocycles. The van der Waals surface area contributed by atoms with Crippen molar-refractivity contribution in [2.24, 2.45) is 0 Å². The van der Waals surface area contributed by atoms with Crippen LogP contribution in [0.15, 0.2) is 29.2 Å². The molecule has 116 valence electrons. The van der Waals surface area contributed by atoms with Crippen LogP contribution in [0.4, 0.5) is 0 Å². The lowest BCUT2D eigenvalue weighted by Gasteiger charge is -2.34. The third-order valence-electron chi connectivity index (χ3n) is 4.15. The molecule has 1 atom stereocenters. The van der Waals surface area contributed by atoms with Gasteiger partial charge in [-0.1, -0.05) is 31.9 Å². The van der Waals surface area contributed by atoms with Crippen LogP contribution in [0.3, 0.4) is 0 Å². The van der Waals surface area contributed by atoms with Gasteiger partial charge in [-0.05, 0) is 36.9 Å². The van der Waals surface area contributed by atoms with Gasteiger partial charge in [-0.2, -0.15) is 0 Å². The normalized spacial score (nSPS) is 17.4. The summed E-state index contributed by atoms with van der Waals surface area (Å²) in [6, 6.07) is 4.10. The van der Waals surface area contributed by atoms with Crippen LogP contribution in [0.25, 0.3) is 0 Å². The lowest BCUT2D eigenvalue weighted by atomic mass is 9.96. The van der Waals surface area contributed by atoms with Gasteiger partial charge in [0.05, 0.1) is 10.9 Å². The van der Waals surface area contributed by atoms with Crippen molar-refractivity contribution < 1.29 is 4.79 Å². The highest BCUT2D eigenvalue weighted by Gasteiger charge is 2.26. The van der Waals surface area contributed by atoms with Gasteiger partial charge in [-0.3, -0.25) is 4.79 Å². The lowest BCUT2D eigenvalue weighted by molar-refractivity contribution is 0.0744. The maximum absolute atomic E-state index is 12.6. The predicted octanol–water partition coefficient (Wildman–Crippen LogP) is 3.64. The van der Waals surface area contributed by atoms with Gasteiger partial charge in [0.1, 0.15) is 0 Å². The predicted molar refractivity (Wildman–Crippen MR) is 89.9 cm³/mol. The van der Waals surface area contributed by atoms with Crippen molar-refractivity contribution in [3.05, 3.63) is 34.0 Å². The Balaban J connectivity index is 2.14. The van der Waals surface area contributed by atoms with Crippen LogP contribution in [0.2, 0.25) is 0 Å². The minimum absolute atomic E-state index is 0.153. The van der Waals surface area contributed by atoms with Crippen LogP contribution >= 0.6 is 11.3 Å². The molecule has 0 N–H and O–H groups in total. The van der Waals surface area contributed by atoms with Crippen molar-refractivity contribution in [1.82, 2.24) is 9.80 Å².